The lowest BCUT2D eigenvalue weighted by Gasteiger charge is -2.11. The summed E-state index contributed by atoms with van der Waals surface area (Å²) >= 11 is 5.92. The van der Waals surface area contributed by atoms with E-state index in [1.54, 1.807) is 32.4 Å². The molecule has 3 aromatic carbocycles. The van der Waals surface area contributed by atoms with Gasteiger partial charge in [0.05, 0.1) is 37.8 Å². The van der Waals surface area contributed by atoms with Gasteiger partial charge in [0.2, 0.25) is 0 Å². The molecule has 1 heterocycles. The zero-order valence-corrected chi connectivity index (χ0v) is 21.4. The first-order valence-electron chi connectivity index (χ1n) is 11.4. The molecular formula is C28H28ClN3O4. The molecule has 4 aromatic rings. The summed E-state index contributed by atoms with van der Waals surface area (Å²) in [7, 11) is 3.22. The third kappa shape index (κ3) is 5.80. The number of aromatic nitrogens is 2. The number of hydrogen-bond acceptors (Lipinski definition) is 5. The van der Waals surface area contributed by atoms with Gasteiger partial charge in [-0.2, -0.15) is 5.10 Å². The third-order valence-corrected chi connectivity index (χ3v) is 6.06. The minimum absolute atomic E-state index is 0.208. The van der Waals surface area contributed by atoms with Crippen LogP contribution in [0.25, 0.3) is 0 Å². The summed E-state index contributed by atoms with van der Waals surface area (Å²) < 4.78 is 18.4. The zero-order valence-electron chi connectivity index (χ0n) is 20.7. The predicted molar refractivity (Wildman–Crippen MR) is 141 cm³/mol. The fourth-order valence-corrected chi connectivity index (χ4v) is 4.00. The molecule has 0 aliphatic carbocycles. The fourth-order valence-electron chi connectivity index (χ4n) is 3.87. The van der Waals surface area contributed by atoms with E-state index in [1.807, 2.05) is 67.1 Å². The second-order valence-electron chi connectivity index (χ2n) is 8.29. The van der Waals surface area contributed by atoms with Crippen LogP contribution in [0.3, 0.4) is 0 Å². The van der Waals surface area contributed by atoms with Crippen molar-refractivity contribution in [1.82, 2.24) is 9.78 Å². The van der Waals surface area contributed by atoms with Crippen molar-refractivity contribution in [3.8, 4) is 17.2 Å². The van der Waals surface area contributed by atoms with Crippen LogP contribution in [0.15, 0.2) is 66.7 Å². The number of rotatable bonds is 9. The average Bonchev–Trinajstić information content (AvgIpc) is 3.15. The molecule has 4 rings (SSSR count). The number of carbonyl (C=O) groups excluding carboxylic acids is 1. The third-order valence-electron chi connectivity index (χ3n) is 5.81. The lowest BCUT2D eigenvalue weighted by Crippen LogP contribution is -2.14. The van der Waals surface area contributed by atoms with Crippen LogP contribution in [-0.2, 0) is 13.2 Å². The number of ether oxygens (including phenoxy) is 3. The average molecular weight is 506 g/mol. The Kier molecular flexibility index (Phi) is 7.80. The number of methoxy groups -OCH3 is 2. The van der Waals surface area contributed by atoms with Gasteiger partial charge in [0.1, 0.15) is 12.4 Å². The number of nitrogens with one attached hydrogen (secondary N) is 1. The number of amides is 1. The van der Waals surface area contributed by atoms with Gasteiger partial charge < -0.3 is 19.5 Å². The first kappa shape index (κ1) is 25.1. The largest absolute Gasteiger partial charge is 0.493 e. The van der Waals surface area contributed by atoms with Crippen LogP contribution in [0.4, 0.5) is 5.69 Å². The first-order chi connectivity index (χ1) is 17.4. The highest BCUT2D eigenvalue weighted by Crippen LogP contribution is 2.29. The van der Waals surface area contributed by atoms with Gasteiger partial charge in [-0.15, -0.1) is 0 Å². The molecule has 0 atom stereocenters. The van der Waals surface area contributed by atoms with E-state index >= 15 is 0 Å². The van der Waals surface area contributed by atoms with Gasteiger partial charge >= 0.3 is 0 Å². The Morgan fingerprint density at radius 3 is 2.42 bits per heavy atom. The summed E-state index contributed by atoms with van der Waals surface area (Å²) in [4.78, 5) is 13.1. The van der Waals surface area contributed by atoms with E-state index in [-0.39, 0.29) is 5.91 Å². The van der Waals surface area contributed by atoms with E-state index in [0.29, 0.717) is 46.7 Å². The van der Waals surface area contributed by atoms with E-state index in [4.69, 9.17) is 25.8 Å². The molecule has 1 N–H and O–H groups in total. The highest BCUT2D eigenvalue weighted by atomic mass is 35.5. The highest BCUT2D eigenvalue weighted by molar-refractivity contribution is 6.30. The Balaban J connectivity index is 1.45. The van der Waals surface area contributed by atoms with E-state index in [0.717, 1.165) is 22.5 Å². The van der Waals surface area contributed by atoms with Gasteiger partial charge in [0, 0.05) is 10.6 Å². The highest BCUT2D eigenvalue weighted by Gasteiger charge is 2.16. The summed E-state index contributed by atoms with van der Waals surface area (Å²) in [6.45, 7) is 4.68. The van der Waals surface area contributed by atoms with Gasteiger partial charge in [0.25, 0.3) is 5.91 Å². The number of benzene rings is 3. The van der Waals surface area contributed by atoms with Crippen LogP contribution in [-0.4, -0.2) is 29.9 Å². The second kappa shape index (κ2) is 11.2. The van der Waals surface area contributed by atoms with Gasteiger partial charge in [0.15, 0.2) is 11.5 Å². The quantitative estimate of drug-likeness (QED) is 0.300. The van der Waals surface area contributed by atoms with Crippen LogP contribution in [0.5, 0.6) is 17.2 Å². The maximum atomic E-state index is 13.1. The van der Waals surface area contributed by atoms with E-state index in [1.165, 1.54) is 0 Å². The summed E-state index contributed by atoms with van der Waals surface area (Å²) in [5, 5.41) is 8.32. The summed E-state index contributed by atoms with van der Waals surface area (Å²) in [6.07, 6.45) is 0. The maximum Gasteiger partial charge on any atom is 0.255 e. The molecule has 8 heteroatoms. The molecule has 0 saturated carbocycles. The number of anilines is 1. The lowest BCUT2D eigenvalue weighted by atomic mass is 10.1. The summed E-state index contributed by atoms with van der Waals surface area (Å²) in [5.74, 6) is 1.83. The van der Waals surface area contributed by atoms with Crippen LogP contribution in [0, 0.1) is 13.8 Å². The topological polar surface area (TPSA) is 74.6 Å². The van der Waals surface area contributed by atoms with Crippen molar-refractivity contribution in [3.05, 3.63) is 99.8 Å². The molecule has 0 aliphatic rings. The molecule has 0 unspecified atom stereocenters. The predicted octanol–water partition coefficient (Wildman–Crippen LogP) is 6.05. The first-order valence-corrected chi connectivity index (χ1v) is 11.8. The van der Waals surface area contributed by atoms with Crippen LogP contribution >= 0.6 is 11.6 Å². The molecule has 36 heavy (non-hydrogen) atoms. The molecule has 0 aliphatic heterocycles. The van der Waals surface area contributed by atoms with Gasteiger partial charge in [-0.1, -0.05) is 29.8 Å². The number of halogens is 1. The van der Waals surface area contributed by atoms with Crippen LogP contribution in [0.1, 0.15) is 32.9 Å². The minimum Gasteiger partial charge on any atom is -0.493 e. The Bertz CT molecular complexity index is 1370. The van der Waals surface area contributed by atoms with Crippen molar-refractivity contribution < 1.29 is 19.0 Å². The van der Waals surface area contributed by atoms with Crippen molar-refractivity contribution in [1.29, 1.82) is 0 Å². The SMILES string of the molecule is COc1ccc(Cn2nc(C)c(NC(=O)c3cccc(COc4ccc(Cl)cc4)c3)c2C)cc1OC. The van der Waals surface area contributed by atoms with Crippen molar-refractivity contribution in [3.63, 3.8) is 0 Å². The molecule has 1 aromatic heterocycles. The molecule has 186 valence electrons. The smallest absolute Gasteiger partial charge is 0.255 e. The van der Waals surface area contributed by atoms with E-state index < -0.39 is 0 Å². The fraction of sp³-hybridized carbons (Fsp3) is 0.214. The van der Waals surface area contributed by atoms with Gasteiger partial charge in [-0.25, -0.2) is 0 Å². The van der Waals surface area contributed by atoms with Crippen molar-refractivity contribution in [2.75, 3.05) is 19.5 Å². The maximum absolute atomic E-state index is 13.1. The number of nitrogens with zero attached hydrogens (tertiary/aromatic N) is 2. The van der Waals surface area contributed by atoms with Crippen LogP contribution in [0.2, 0.25) is 5.02 Å². The molecule has 7 nitrogen and oxygen atoms in total. The molecule has 0 fully saturated rings. The Morgan fingerprint density at radius 2 is 1.69 bits per heavy atom. The molecule has 0 saturated heterocycles. The summed E-state index contributed by atoms with van der Waals surface area (Å²) in [6, 6.07) is 20.3. The van der Waals surface area contributed by atoms with Crippen molar-refractivity contribution in [2.24, 2.45) is 0 Å². The second-order valence-corrected chi connectivity index (χ2v) is 8.73. The number of carbonyl (C=O) groups is 1. The van der Waals surface area contributed by atoms with Gasteiger partial charge in [-0.05, 0) is 73.5 Å². The minimum atomic E-state index is -0.208. The van der Waals surface area contributed by atoms with Gasteiger partial charge in [-0.3, -0.25) is 9.48 Å². The van der Waals surface area contributed by atoms with Crippen molar-refractivity contribution in [2.45, 2.75) is 27.0 Å². The molecule has 0 bridgehead atoms. The molecule has 0 spiro atoms. The normalized spacial score (nSPS) is 10.7. The molecule has 1 amide bonds. The summed E-state index contributed by atoms with van der Waals surface area (Å²) in [5.41, 5.74) is 4.73. The Hall–Kier alpha value is -3.97. The molecule has 0 radical (unpaired) electrons. The Labute approximate surface area is 215 Å². The molecular weight excluding hydrogens is 478 g/mol. The van der Waals surface area contributed by atoms with Crippen LogP contribution < -0.4 is 19.5 Å². The number of aryl methyl sites for hydroxylation is 1. The standard InChI is InChI=1S/C28H28ClN3O4/c1-18-27(19(2)32(31-18)16-20-8-13-25(34-3)26(15-20)35-4)30-28(33)22-7-5-6-21(14-22)17-36-24-11-9-23(29)10-12-24/h5-15H,16-17H2,1-4H3,(H,30,33). The number of hydrogen-bond donors (Lipinski definition) is 1. The zero-order chi connectivity index (χ0) is 25.7. The van der Waals surface area contributed by atoms with E-state index in [9.17, 15) is 4.79 Å². The Morgan fingerprint density at radius 1 is 0.944 bits per heavy atom. The van der Waals surface area contributed by atoms with E-state index in [2.05, 4.69) is 10.4 Å². The van der Waals surface area contributed by atoms with Crippen molar-refractivity contribution >= 4 is 23.2 Å². The lowest BCUT2D eigenvalue weighted by molar-refractivity contribution is 0.102. The monoisotopic (exact) mass is 505 g/mol.